The van der Waals surface area contributed by atoms with Crippen LogP contribution >= 0.6 is 11.8 Å². The Hall–Kier alpha value is -3.13. The number of fused-ring (bicyclic) bond motifs is 1. The van der Waals surface area contributed by atoms with Gasteiger partial charge >= 0.3 is 11.9 Å². The summed E-state index contributed by atoms with van der Waals surface area (Å²) in [6, 6.07) is 14.4. The predicted octanol–water partition coefficient (Wildman–Crippen LogP) is 2.69. The van der Waals surface area contributed by atoms with Crippen LogP contribution in [0.4, 0.5) is 0 Å². The fraction of sp³-hybridized carbons (Fsp3) is 0.238. The summed E-state index contributed by atoms with van der Waals surface area (Å²) >= 11 is 1.13. The van der Waals surface area contributed by atoms with Crippen LogP contribution in [-0.4, -0.2) is 41.5 Å². The summed E-state index contributed by atoms with van der Waals surface area (Å²) in [6.45, 7) is 0.411. The number of methoxy groups -OCH3 is 2. The first kappa shape index (κ1) is 20.6. The van der Waals surface area contributed by atoms with Gasteiger partial charge < -0.3 is 9.47 Å². The van der Waals surface area contributed by atoms with Crippen LogP contribution in [0, 0.1) is 0 Å². The van der Waals surface area contributed by atoms with Gasteiger partial charge in [-0.2, -0.15) is 0 Å². The van der Waals surface area contributed by atoms with Crippen LogP contribution in [0.2, 0.25) is 0 Å². The third kappa shape index (κ3) is 4.83. The zero-order chi connectivity index (χ0) is 20.8. The van der Waals surface area contributed by atoms with Crippen molar-refractivity contribution in [3.05, 3.63) is 70.0 Å². The molecular formula is C21H20N2O5S. The molecule has 1 aromatic heterocycles. The number of esters is 2. The minimum atomic E-state index is -0.509. The zero-order valence-electron chi connectivity index (χ0n) is 16.1. The van der Waals surface area contributed by atoms with Crippen molar-refractivity contribution in [1.82, 2.24) is 9.55 Å². The number of aryl methyl sites for hydroxylation is 1. The van der Waals surface area contributed by atoms with Crippen LogP contribution in [0.5, 0.6) is 0 Å². The first-order valence-corrected chi connectivity index (χ1v) is 9.88. The van der Waals surface area contributed by atoms with Crippen molar-refractivity contribution >= 4 is 34.6 Å². The maximum absolute atomic E-state index is 13.1. The van der Waals surface area contributed by atoms with Gasteiger partial charge in [0.1, 0.15) is 0 Å². The van der Waals surface area contributed by atoms with E-state index in [1.165, 1.54) is 20.3 Å². The average molecular weight is 412 g/mol. The van der Waals surface area contributed by atoms with Crippen molar-refractivity contribution in [2.45, 2.75) is 18.1 Å². The monoisotopic (exact) mass is 412 g/mol. The molecule has 1 heterocycles. The molecule has 29 heavy (non-hydrogen) atoms. The molecule has 0 amide bonds. The first-order valence-electron chi connectivity index (χ1n) is 8.90. The van der Waals surface area contributed by atoms with E-state index in [0.29, 0.717) is 34.6 Å². The van der Waals surface area contributed by atoms with Gasteiger partial charge in [0.15, 0.2) is 5.16 Å². The summed E-state index contributed by atoms with van der Waals surface area (Å²) in [5.41, 5.74) is 1.54. The lowest BCUT2D eigenvalue weighted by atomic mass is 10.1. The molecule has 3 aromatic rings. The van der Waals surface area contributed by atoms with E-state index >= 15 is 0 Å². The molecule has 0 bridgehead atoms. The molecular weight excluding hydrogens is 392 g/mol. The van der Waals surface area contributed by atoms with Crippen molar-refractivity contribution in [3.63, 3.8) is 0 Å². The van der Waals surface area contributed by atoms with Crippen LogP contribution in [-0.2, 0) is 27.2 Å². The van der Waals surface area contributed by atoms with Gasteiger partial charge in [-0.25, -0.2) is 9.78 Å². The largest absolute Gasteiger partial charge is 0.468 e. The molecule has 8 heteroatoms. The third-order valence-electron chi connectivity index (χ3n) is 4.36. The Morgan fingerprint density at radius 1 is 1.07 bits per heavy atom. The summed E-state index contributed by atoms with van der Waals surface area (Å²) in [6.07, 6.45) is 0.639. The average Bonchev–Trinajstić information content (AvgIpc) is 2.76. The highest BCUT2D eigenvalue weighted by Crippen LogP contribution is 2.20. The Kier molecular flexibility index (Phi) is 6.66. The van der Waals surface area contributed by atoms with E-state index in [0.717, 1.165) is 17.3 Å². The molecule has 2 aromatic carbocycles. The number of carbonyl (C=O) groups excluding carboxylic acids is 2. The summed E-state index contributed by atoms with van der Waals surface area (Å²) in [4.78, 5) is 41.0. The Balaban J connectivity index is 2.03. The molecule has 0 saturated heterocycles. The van der Waals surface area contributed by atoms with E-state index in [9.17, 15) is 14.4 Å². The Labute approximate surface area is 171 Å². The fourth-order valence-corrected chi connectivity index (χ4v) is 3.68. The highest BCUT2D eigenvalue weighted by molar-refractivity contribution is 7.99. The predicted molar refractivity (Wildman–Crippen MR) is 110 cm³/mol. The number of rotatable bonds is 7. The van der Waals surface area contributed by atoms with Crippen LogP contribution in [0.3, 0.4) is 0 Å². The minimum Gasteiger partial charge on any atom is -0.468 e. The molecule has 0 aliphatic carbocycles. The van der Waals surface area contributed by atoms with Gasteiger partial charge in [0, 0.05) is 6.54 Å². The van der Waals surface area contributed by atoms with Gasteiger partial charge in [0.05, 0.1) is 36.4 Å². The number of thioether (sulfide) groups is 1. The Morgan fingerprint density at radius 2 is 1.83 bits per heavy atom. The van der Waals surface area contributed by atoms with Crippen molar-refractivity contribution < 1.29 is 19.1 Å². The number of hydrogen-bond acceptors (Lipinski definition) is 7. The van der Waals surface area contributed by atoms with Gasteiger partial charge in [-0.05, 0) is 30.2 Å². The molecule has 0 unspecified atom stereocenters. The molecule has 0 atom stereocenters. The maximum atomic E-state index is 13.1. The van der Waals surface area contributed by atoms with E-state index in [1.807, 2.05) is 30.3 Å². The lowest BCUT2D eigenvalue weighted by Crippen LogP contribution is -2.25. The van der Waals surface area contributed by atoms with Crippen molar-refractivity contribution in [2.75, 3.05) is 20.0 Å². The fourth-order valence-electron chi connectivity index (χ4n) is 2.82. The molecule has 150 valence electrons. The Morgan fingerprint density at radius 3 is 2.52 bits per heavy atom. The molecule has 0 saturated carbocycles. The SMILES string of the molecule is COC(=O)CSc1nc2cc(C(=O)OC)ccc2c(=O)n1CCc1ccccc1. The second-order valence-electron chi connectivity index (χ2n) is 6.18. The van der Waals surface area contributed by atoms with Crippen molar-refractivity contribution in [2.24, 2.45) is 0 Å². The maximum Gasteiger partial charge on any atom is 0.337 e. The number of ether oxygens (including phenoxy) is 2. The normalized spacial score (nSPS) is 10.7. The van der Waals surface area contributed by atoms with Crippen LogP contribution < -0.4 is 5.56 Å². The van der Waals surface area contributed by atoms with Crippen molar-refractivity contribution in [3.8, 4) is 0 Å². The number of hydrogen-bond donors (Lipinski definition) is 0. The molecule has 0 aliphatic heterocycles. The third-order valence-corrected chi connectivity index (χ3v) is 5.31. The van der Waals surface area contributed by atoms with Crippen LogP contribution in [0.15, 0.2) is 58.5 Å². The summed E-state index contributed by atoms with van der Waals surface area (Å²) in [7, 11) is 2.60. The zero-order valence-corrected chi connectivity index (χ0v) is 16.9. The van der Waals surface area contributed by atoms with Crippen molar-refractivity contribution in [1.29, 1.82) is 0 Å². The number of benzene rings is 2. The number of carbonyl (C=O) groups is 2. The smallest absolute Gasteiger partial charge is 0.337 e. The molecule has 7 nitrogen and oxygen atoms in total. The topological polar surface area (TPSA) is 87.5 Å². The molecule has 0 fully saturated rings. The summed E-state index contributed by atoms with van der Waals surface area (Å²) in [5, 5.41) is 0.791. The second kappa shape index (κ2) is 9.38. The lowest BCUT2D eigenvalue weighted by Gasteiger charge is -2.13. The molecule has 0 radical (unpaired) electrons. The van der Waals surface area contributed by atoms with Gasteiger partial charge in [-0.1, -0.05) is 42.1 Å². The van der Waals surface area contributed by atoms with Gasteiger partial charge in [0.2, 0.25) is 0 Å². The molecule has 0 aliphatic rings. The van der Waals surface area contributed by atoms with E-state index in [2.05, 4.69) is 9.72 Å². The van der Waals surface area contributed by atoms with Gasteiger partial charge in [0.25, 0.3) is 5.56 Å². The van der Waals surface area contributed by atoms with Crippen LogP contribution in [0.25, 0.3) is 10.9 Å². The second-order valence-corrected chi connectivity index (χ2v) is 7.12. The number of nitrogens with zero attached hydrogens (tertiary/aromatic N) is 2. The summed E-state index contributed by atoms with van der Waals surface area (Å²) < 4.78 is 11.0. The van der Waals surface area contributed by atoms with E-state index in [-0.39, 0.29) is 11.3 Å². The number of aromatic nitrogens is 2. The first-order chi connectivity index (χ1) is 14.0. The van der Waals surface area contributed by atoms with E-state index in [4.69, 9.17) is 4.74 Å². The highest BCUT2D eigenvalue weighted by atomic mass is 32.2. The van der Waals surface area contributed by atoms with Crippen LogP contribution in [0.1, 0.15) is 15.9 Å². The van der Waals surface area contributed by atoms with E-state index < -0.39 is 11.9 Å². The quantitative estimate of drug-likeness (QED) is 0.335. The van der Waals surface area contributed by atoms with Gasteiger partial charge in [-0.3, -0.25) is 14.2 Å². The Bertz CT molecular complexity index is 1100. The van der Waals surface area contributed by atoms with E-state index in [1.54, 1.807) is 16.7 Å². The standard InChI is InChI=1S/C21H20N2O5S/c1-27-18(24)13-29-21-22-17-12-15(20(26)28-2)8-9-16(17)19(25)23(21)11-10-14-6-4-3-5-7-14/h3-9,12H,10-11,13H2,1-2H3. The van der Waals surface area contributed by atoms with Gasteiger partial charge in [-0.15, -0.1) is 0 Å². The molecule has 0 spiro atoms. The highest BCUT2D eigenvalue weighted by Gasteiger charge is 2.15. The lowest BCUT2D eigenvalue weighted by molar-refractivity contribution is -0.137. The summed E-state index contributed by atoms with van der Waals surface area (Å²) in [5.74, 6) is -0.899. The minimum absolute atomic E-state index is 0.0243. The molecule has 0 N–H and O–H groups in total. The molecule has 3 rings (SSSR count).